The molecule has 0 nitrogen and oxygen atoms in total. The molecule has 0 heterocycles. The first-order valence-corrected chi connectivity index (χ1v) is 6.91. The van der Waals surface area contributed by atoms with E-state index in [4.69, 9.17) is 11.6 Å². The van der Waals surface area contributed by atoms with Gasteiger partial charge in [-0.15, -0.1) is 11.6 Å². The number of rotatable bonds is 3. The molecule has 0 saturated heterocycles. The molecule has 1 aliphatic rings. The van der Waals surface area contributed by atoms with Gasteiger partial charge in [0, 0.05) is 5.38 Å². The fourth-order valence-corrected chi connectivity index (χ4v) is 3.14. The summed E-state index contributed by atoms with van der Waals surface area (Å²) < 4.78 is 0. The van der Waals surface area contributed by atoms with E-state index in [0.29, 0.717) is 11.3 Å². The summed E-state index contributed by atoms with van der Waals surface area (Å²) in [6.45, 7) is 2.30. The monoisotopic (exact) mass is 236 g/mol. The van der Waals surface area contributed by atoms with Gasteiger partial charge in [0.25, 0.3) is 0 Å². The maximum absolute atomic E-state index is 6.45. The maximum atomic E-state index is 6.45. The first kappa shape index (κ1) is 12.0. The molecular formula is C15H21Cl. The molecule has 1 fully saturated rings. The smallest absolute Gasteiger partial charge is 0.0367 e. The van der Waals surface area contributed by atoms with Crippen LogP contribution in [0.15, 0.2) is 30.3 Å². The van der Waals surface area contributed by atoms with Crippen LogP contribution in [0.25, 0.3) is 0 Å². The quantitative estimate of drug-likeness (QED) is 0.670. The van der Waals surface area contributed by atoms with E-state index in [9.17, 15) is 0 Å². The van der Waals surface area contributed by atoms with E-state index >= 15 is 0 Å². The van der Waals surface area contributed by atoms with Gasteiger partial charge in [-0.2, -0.15) is 0 Å². The zero-order valence-electron chi connectivity index (χ0n) is 10.0. The predicted octanol–water partition coefficient (Wildman–Crippen LogP) is 4.66. The number of benzene rings is 1. The molecule has 3 atom stereocenters. The third-order valence-corrected chi connectivity index (χ3v) is 4.49. The van der Waals surface area contributed by atoms with Crippen LogP contribution in [0.3, 0.4) is 0 Å². The van der Waals surface area contributed by atoms with E-state index in [1.165, 1.54) is 31.2 Å². The van der Waals surface area contributed by atoms with Crippen LogP contribution in [0, 0.1) is 11.8 Å². The summed E-state index contributed by atoms with van der Waals surface area (Å²) in [6.07, 6.45) is 6.33. The second-order valence-corrected chi connectivity index (χ2v) is 5.61. The number of alkyl halides is 1. The Bertz CT molecular complexity index is 306. The summed E-state index contributed by atoms with van der Waals surface area (Å²) in [5, 5.41) is 0.392. The predicted molar refractivity (Wildman–Crippen MR) is 70.9 cm³/mol. The number of hydrogen-bond donors (Lipinski definition) is 0. The summed E-state index contributed by atoms with van der Waals surface area (Å²) in [5.74, 6) is 1.59. The van der Waals surface area contributed by atoms with Gasteiger partial charge in [-0.3, -0.25) is 0 Å². The lowest BCUT2D eigenvalue weighted by atomic mass is 9.77. The molecular weight excluding hydrogens is 216 g/mol. The summed E-state index contributed by atoms with van der Waals surface area (Å²) in [5.41, 5.74) is 1.44. The van der Waals surface area contributed by atoms with Crippen LogP contribution in [0.2, 0.25) is 0 Å². The molecule has 0 aliphatic heterocycles. The molecule has 0 N–H and O–H groups in total. The molecule has 1 aromatic carbocycles. The first-order chi connectivity index (χ1) is 7.79. The highest BCUT2D eigenvalue weighted by atomic mass is 35.5. The molecule has 16 heavy (non-hydrogen) atoms. The number of halogens is 1. The first-order valence-electron chi connectivity index (χ1n) is 6.47. The molecule has 2 rings (SSSR count). The minimum Gasteiger partial charge on any atom is -0.123 e. The van der Waals surface area contributed by atoms with E-state index < -0.39 is 0 Å². The number of hydrogen-bond acceptors (Lipinski definition) is 0. The van der Waals surface area contributed by atoms with E-state index in [1.807, 2.05) is 0 Å². The summed E-state index contributed by atoms with van der Waals surface area (Å²) in [4.78, 5) is 0. The van der Waals surface area contributed by atoms with Gasteiger partial charge in [0.15, 0.2) is 0 Å². The second kappa shape index (κ2) is 5.72. The zero-order chi connectivity index (χ0) is 11.4. The fraction of sp³-hybridized carbons (Fsp3) is 0.600. The molecule has 1 aromatic rings. The van der Waals surface area contributed by atoms with E-state index in [0.717, 1.165) is 12.3 Å². The van der Waals surface area contributed by atoms with Gasteiger partial charge >= 0.3 is 0 Å². The van der Waals surface area contributed by atoms with Crippen molar-refractivity contribution in [3.63, 3.8) is 0 Å². The lowest BCUT2D eigenvalue weighted by Gasteiger charge is -2.32. The summed E-state index contributed by atoms with van der Waals surface area (Å²) in [7, 11) is 0. The van der Waals surface area contributed by atoms with Gasteiger partial charge in [-0.1, -0.05) is 43.7 Å². The topological polar surface area (TPSA) is 0 Å². The van der Waals surface area contributed by atoms with Gasteiger partial charge in [-0.25, -0.2) is 0 Å². The maximum Gasteiger partial charge on any atom is 0.0367 e. The Balaban J connectivity index is 1.97. The van der Waals surface area contributed by atoms with Crippen LogP contribution in [0.5, 0.6) is 0 Å². The molecule has 1 saturated carbocycles. The van der Waals surface area contributed by atoms with Gasteiger partial charge in [0.05, 0.1) is 0 Å². The van der Waals surface area contributed by atoms with Crippen molar-refractivity contribution in [2.24, 2.45) is 11.8 Å². The van der Waals surface area contributed by atoms with Crippen molar-refractivity contribution < 1.29 is 0 Å². The molecule has 0 bridgehead atoms. The third kappa shape index (κ3) is 3.01. The second-order valence-electron chi connectivity index (χ2n) is 5.05. The molecule has 0 spiro atoms. The van der Waals surface area contributed by atoms with Gasteiger partial charge in [0.1, 0.15) is 0 Å². The normalized spacial score (nSPS) is 30.2. The zero-order valence-corrected chi connectivity index (χ0v) is 10.8. The van der Waals surface area contributed by atoms with E-state index in [-0.39, 0.29) is 0 Å². The van der Waals surface area contributed by atoms with Crippen LogP contribution in [-0.4, -0.2) is 5.38 Å². The Hall–Kier alpha value is -0.490. The summed E-state index contributed by atoms with van der Waals surface area (Å²) >= 11 is 6.45. The Kier molecular flexibility index (Phi) is 4.29. The molecule has 0 aromatic heterocycles. The Labute approximate surface area is 104 Å². The average molecular weight is 237 g/mol. The minimum absolute atomic E-state index is 0.392. The van der Waals surface area contributed by atoms with Crippen LogP contribution in [0.4, 0.5) is 0 Å². The standard InChI is InChI=1S/C15H21Cl/c1-2-12-8-9-15(16)14(10-12)11-13-6-4-3-5-7-13/h3-7,12,14-15H,2,8-11H2,1H3. The highest BCUT2D eigenvalue weighted by molar-refractivity contribution is 6.20. The van der Waals surface area contributed by atoms with Crippen molar-refractivity contribution in [1.82, 2.24) is 0 Å². The average Bonchev–Trinajstić information content (AvgIpc) is 2.33. The molecule has 88 valence electrons. The Morgan fingerprint density at radius 2 is 1.94 bits per heavy atom. The Morgan fingerprint density at radius 1 is 1.19 bits per heavy atom. The molecule has 0 radical (unpaired) electrons. The molecule has 1 heteroatoms. The SMILES string of the molecule is CCC1CCC(Cl)C(Cc2ccccc2)C1. The molecule has 0 amide bonds. The summed E-state index contributed by atoms with van der Waals surface area (Å²) in [6, 6.07) is 10.8. The van der Waals surface area contributed by atoms with Crippen LogP contribution in [-0.2, 0) is 6.42 Å². The molecule has 3 unspecified atom stereocenters. The van der Waals surface area contributed by atoms with Gasteiger partial charge in [-0.05, 0) is 43.1 Å². The van der Waals surface area contributed by atoms with Crippen LogP contribution < -0.4 is 0 Å². The third-order valence-electron chi connectivity index (χ3n) is 3.92. The van der Waals surface area contributed by atoms with Crippen molar-refractivity contribution in [2.75, 3.05) is 0 Å². The molecule has 1 aliphatic carbocycles. The van der Waals surface area contributed by atoms with Gasteiger partial charge in [0.2, 0.25) is 0 Å². The van der Waals surface area contributed by atoms with E-state index in [2.05, 4.69) is 37.3 Å². The van der Waals surface area contributed by atoms with Crippen molar-refractivity contribution in [3.8, 4) is 0 Å². The highest BCUT2D eigenvalue weighted by Gasteiger charge is 2.28. The largest absolute Gasteiger partial charge is 0.123 e. The highest BCUT2D eigenvalue weighted by Crippen LogP contribution is 2.36. The minimum atomic E-state index is 0.392. The van der Waals surface area contributed by atoms with Crippen molar-refractivity contribution in [3.05, 3.63) is 35.9 Å². The van der Waals surface area contributed by atoms with Crippen molar-refractivity contribution in [1.29, 1.82) is 0 Å². The Morgan fingerprint density at radius 3 is 2.62 bits per heavy atom. The van der Waals surface area contributed by atoms with Crippen molar-refractivity contribution >= 4 is 11.6 Å². The van der Waals surface area contributed by atoms with Crippen LogP contribution >= 0.6 is 11.6 Å². The van der Waals surface area contributed by atoms with Crippen molar-refractivity contribution in [2.45, 2.75) is 44.4 Å². The lowest BCUT2D eigenvalue weighted by molar-refractivity contribution is 0.265. The fourth-order valence-electron chi connectivity index (χ4n) is 2.82. The van der Waals surface area contributed by atoms with E-state index in [1.54, 1.807) is 0 Å². The van der Waals surface area contributed by atoms with Crippen LogP contribution in [0.1, 0.15) is 38.2 Å². The van der Waals surface area contributed by atoms with Gasteiger partial charge < -0.3 is 0 Å². The lowest BCUT2D eigenvalue weighted by Crippen LogP contribution is -2.26.